The Bertz CT molecular complexity index is 696. The molecule has 0 amide bonds. The van der Waals surface area contributed by atoms with Crippen LogP contribution in [-0.4, -0.2) is 13.2 Å². The molecule has 2 aromatic rings. The summed E-state index contributed by atoms with van der Waals surface area (Å²) in [5.74, 6) is 1.12. The van der Waals surface area contributed by atoms with Gasteiger partial charge in [0.1, 0.15) is 19.0 Å². The van der Waals surface area contributed by atoms with Crippen LogP contribution in [0, 0.1) is 9.39 Å². The molecule has 0 N–H and O–H groups in total. The highest BCUT2D eigenvalue weighted by Gasteiger charge is 2.21. The van der Waals surface area contributed by atoms with Crippen LogP contribution in [-0.2, 0) is 0 Å². The molecule has 21 heavy (non-hydrogen) atoms. The van der Waals surface area contributed by atoms with Crippen molar-refractivity contribution < 1.29 is 13.9 Å². The molecule has 0 aliphatic carbocycles. The van der Waals surface area contributed by atoms with Crippen LogP contribution >= 0.6 is 50.1 Å². The molecule has 1 heterocycles. The van der Waals surface area contributed by atoms with Crippen molar-refractivity contribution in [1.82, 2.24) is 0 Å². The molecule has 0 fully saturated rings. The summed E-state index contributed by atoms with van der Waals surface area (Å²) in [6, 6.07) is 8.32. The van der Waals surface area contributed by atoms with Gasteiger partial charge in [-0.05, 0) is 58.0 Å². The van der Waals surface area contributed by atoms with E-state index >= 15 is 0 Å². The number of hydrogen-bond donors (Lipinski definition) is 0. The van der Waals surface area contributed by atoms with Crippen LogP contribution in [0.3, 0.4) is 0 Å². The van der Waals surface area contributed by atoms with Crippen LogP contribution in [0.5, 0.6) is 11.5 Å². The molecule has 1 aliphatic rings. The SMILES string of the molecule is Fc1ccc(C(Cl)c2cc3c(cc2Br)OCCO3)c(I)c1. The first-order valence-corrected chi connectivity index (χ1v) is 8.55. The van der Waals surface area contributed by atoms with Crippen molar-refractivity contribution in [2.75, 3.05) is 13.2 Å². The number of alkyl halides is 1. The Morgan fingerprint density at radius 1 is 1.10 bits per heavy atom. The zero-order valence-corrected chi connectivity index (χ0v) is 15.2. The summed E-state index contributed by atoms with van der Waals surface area (Å²) in [6.07, 6.45) is 0. The van der Waals surface area contributed by atoms with Crippen molar-refractivity contribution in [3.63, 3.8) is 0 Å². The second-order valence-electron chi connectivity index (χ2n) is 4.55. The lowest BCUT2D eigenvalue weighted by atomic mass is 10.0. The highest BCUT2D eigenvalue weighted by molar-refractivity contribution is 14.1. The zero-order chi connectivity index (χ0) is 15.0. The van der Waals surface area contributed by atoms with Gasteiger partial charge in [0, 0.05) is 8.04 Å². The first-order valence-electron chi connectivity index (χ1n) is 6.24. The average Bonchev–Trinajstić information content (AvgIpc) is 2.46. The molecular weight excluding hydrogens is 473 g/mol. The molecule has 0 radical (unpaired) electrons. The summed E-state index contributed by atoms with van der Waals surface area (Å²) in [4.78, 5) is 0. The Balaban J connectivity index is 2.03. The van der Waals surface area contributed by atoms with Gasteiger partial charge in [-0.3, -0.25) is 0 Å². The number of halogens is 4. The van der Waals surface area contributed by atoms with E-state index in [0.717, 1.165) is 19.2 Å². The fourth-order valence-corrected chi connectivity index (χ4v) is 4.18. The van der Waals surface area contributed by atoms with Gasteiger partial charge in [-0.15, -0.1) is 11.6 Å². The molecule has 0 spiro atoms. The van der Waals surface area contributed by atoms with E-state index < -0.39 is 5.38 Å². The molecule has 2 nitrogen and oxygen atoms in total. The van der Waals surface area contributed by atoms with Crippen molar-refractivity contribution in [2.24, 2.45) is 0 Å². The third-order valence-corrected chi connectivity index (χ3v) is 5.26. The quantitative estimate of drug-likeness (QED) is 0.427. The minimum atomic E-state index is -0.400. The molecule has 1 aliphatic heterocycles. The Morgan fingerprint density at radius 3 is 2.43 bits per heavy atom. The van der Waals surface area contributed by atoms with E-state index in [1.54, 1.807) is 6.07 Å². The minimum Gasteiger partial charge on any atom is -0.486 e. The van der Waals surface area contributed by atoms with Crippen molar-refractivity contribution in [2.45, 2.75) is 5.38 Å². The zero-order valence-electron chi connectivity index (χ0n) is 10.7. The lowest BCUT2D eigenvalue weighted by molar-refractivity contribution is 0.171. The molecule has 2 aromatic carbocycles. The monoisotopic (exact) mass is 482 g/mol. The normalized spacial score (nSPS) is 14.9. The van der Waals surface area contributed by atoms with E-state index in [-0.39, 0.29) is 5.82 Å². The van der Waals surface area contributed by atoms with Crippen LogP contribution in [0.4, 0.5) is 4.39 Å². The van der Waals surface area contributed by atoms with Crippen LogP contribution in [0.1, 0.15) is 16.5 Å². The van der Waals surface area contributed by atoms with Crippen LogP contribution < -0.4 is 9.47 Å². The van der Waals surface area contributed by atoms with Gasteiger partial charge in [0.2, 0.25) is 0 Å². The van der Waals surface area contributed by atoms with E-state index in [4.69, 9.17) is 21.1 Å². The van der Waals surface area contributed by atoms with E-state index in [2.05, 4.69) is 38.5 Å². The Hall–Kier alpha value is -0.530. The second-order valence-corrected chi connectivity index (χ2v) is 7.00. The third kappa shape index (κ3) is 3.14. The summed E-state index contributed by atoms with van der Waals surface area (Å²) in [7, 11) is 0. The minimum absolute atomic E-state index is 0.270. The highest BCUT2D eigenvalue weighted by atomic mass is 127. The van der Waals surface area contributed by atoms with Crippen molar-refractivity contribution in [1.29, 1.82) is 0 Å². The van der Waals surface area contributed by atoms with Gasteiger partial charge in [-0.2, -0.15) is 0 Å². The molecular formula is C15H10BrClFIO2. The topological polar surface area (TPSA) is 18.5 Å². The smallest absolute Gasteiger partial charge is 0.162 e. The summed E-state index contributed by atoms with van der Waals surface area (Å²) >= 11 is 12.2. The maximum absolute atomic E-state index is 13.2. The summed E-state index contributed by atoms with van der Waals surface area (Å²) in [5.41, 5.74) is 1.72. The molecule has 110 valence electrons. The fourth-order valence-electron chi connectivity index (χ4n) is 2.15. The summed E-state index contributed by atoms with van der Waals surface area (Å²) in [6.45, 7) is 1.06. The van der Waals surface area contributed by atoms with Crippen LogP contribution in [0.25, 0.3) is 0 Å². The van der Waals surface area contributed by atoms with Gasteiger partial charge < -0.3 is 9.47 Å². The van der Waals surface area contributed by atoms with Crippen molar-refractivity contribution in [3.05, 3.63) is 55.3 Å². The number of ether oxygens (including phenoxy) is 2. The van der Waals surface area contributed by atoms with Gasteiger partial charge in [0.15, 0.2) is 11.5 Å². The van der Waals surface area contributed by atoms with Gasteiger partial charge in [0.05, 0.1) is 5.38 Å². The maximum Gasteiger partial charge on any atom is 0.162 e. The fraction of sp³-hybridized carbons (Fsp3) is 0.200. The highest BCUT2D eigenvalue weighted by Crippen LogP contribution is 2.42. The number of hydrogen-bond acceptors (Lipinski definition) is 2. The Morgan fingerprint density at radius 2 is 1.76 bits per heavy atom. The van der Waals surface area contributed by atoms with E-state index in [1.807, 2.05) is 12.1 Å². The molecule has 1 atom stereocenters. The van der Waals surface area contributed by atoms with Crippen molar-refractivity contribution >= 4 is 50.1 Å². The third-order valence-electron chi connectivity index (χ3n) is 3.17. The largest absolute Gasteiger partial charge is 0.486 e. The number of benzene rings is 2. The van der Waals surface area contributed by atoms with Crippen LogP contribution in [0.15, 0.2) is 34.8 Å². The second kappa shape index (κ2) is 6.30. The molecule has 0 aromatic heterocycles. The summed E-state index contributed by atoms with van der Waals surface area (Å²) < 4.78 is 26.0. The predicted octanol–water partition coefficient (Wildman–Crippen LogP) is 5.29. The van der Waals surface area contributed by atoms with Crippen LogP contribution in [0.2, 0.25) is 0 Å². The van der Waals surface area contributed by atoms with E-state index in [9.17, 15) is 4.39 Å². The van der Waals surface area contributed by atoms with Crippen molar-refractivity contribution in [3.8, 4) is 11.5 Å². The van der Waals surface area contributed by atoms with Gasteiger partial charge >= 0.3 is 0 Å². The molecule has 0 bridgehead atoms. The lowest BCUT2D eigenvalue weighted by Crippen LogP contribution is -2.15. The van der Waals surface area contributed by atoms with Gasteiger partial charge in [-0.25, -0.2) is 4.39 Å². The maximum atomic E-state index is 13.2. The van der Waals surface area contributed by atoms with E-state index in [0.29, 0.717) is 24.7 Å². The first kappa shape index (κ1) is 15.4. The Kier molecular flexibility index (Phi) is 4.61. The van der Waals surface area contributed by atoms with Gasteiger partial charge in [0.25, 0.3) is 0 Å². The number of rotatable bonds is 2. The average molecular weight is 484 g/mol. The Labute approximate surface area is 148 Å². The predicted molar refractivity (Wildman–Crippen MR) is 91.9 cm³/mol. The lowest BCUT2D eigenvalue weighted by Gasteiger charge is -2.21. The molecule has 0 saturated carbocycles. The van der Waals surface area contributed by atoms with Gasteiger partial charge in [-0.1, -0.05) is 22.0 Å². The molecule has 3 rings (SSSR count). The summed E-state index contributed by atoms with van der Waals surface area (Å²) in [5, 5.41) is -0.400. The number of fused-ring (bicyclic) bond motifs is 1. The molecule has 6 heteroatoms. The molecule has 0 saturated heterocycles. The first-order chi connectivity index (χ1) is 10.1. The molecule has 1 unspecified atom stereocenters. The standard InChI is InChI=1S/C15H10BrClFIO2/c16-11-7-14-13(20-3-4-21-14)6-10(11)15(17)9-2-1-8(18)5-12(9)19/h1-2,5-7,15H,3-4H2. The van der Waals surface area contributed by atoms with E-state index in [1.165, 1.54) is 12.1 Å².